The van der Waals surface area contributed by atoms with Crippen molar-refractivity contribution in [3.8, 4) is 16.9 Å². The summed E-state index contributed by atoms with van der Waals surface area (Å²) in [5.74, 6) is 0.0153. The molecule has 4 rings (SSSR count). The summed E-state index contributed by atoms with van der Waals surface area (Å²) in [4.78, 5) is 11.5. The molecule has 0 aliphatic heterocycles. The van der Waals surface area contributed by atoms with Gasteiger partial charge in [0.1, 0.15) is 11.4 Å². The van der Waals surface area contributed by atoms with E-state index in [1.54, 1.807) is 12.1 Å². The van der Waals surface area contributed by atoms with E-state index in [-0.39, 0.29) is 68.7 Å². The minimum atomic E-state index is -0.535. The fraction of sp³-hybridized carbons (Fsp3) is 0.314. The van der Waals surface area contributed by atoms with Gasteiger partial charge in [0, 0.05) is 17.0 Å². The largest absolute Gasteiger partial charge is 1.00 e. The zero-order valence-electron chi connectivity index (χ0n) is 26.4. The third kappa shape index (κ3) is 8.39. The molecule has 0 aromatic heterocycles. The van der Waals surface area contributed by atoms with Gasteiger partial charge in [-0.05, 0) is 51.6 Å². The van der Waals surface area contributed by atoms with Crippen molar-refractivity contribution in [3.63, 3.8) is 0 Å². The minimum absolute atomic E-state index is 0. The van der Waals surface area contributed by atoms with Crippen LogP contribution in [0.15, 0.2) is 101 Å². The van der Waals surface area contributed by atoms with E-state index in [1.165, 1.54) is 6.07 Å². The topological polar surface area (TPSA) is 118 Å². The average molecular weight is 590 g/mol. The van der Waals surface area contributed by atoms with Crippen molar-refractivity contribution in [1.29, 1.82) is 0 Å². The molecule has 0 heterocycles. The number of phenols is 1. The van der Waals surface area contributed by atoms with Crippen LogP contribution in [-0.2, 0) is 10.8 Å². The molecule has 0 unspecified atom stereocenters. The van der Waals surface area contributed by atoms with E-state index in [2.05, 4.69) is 64.8 Å². The second-order valence-electron chi connectivity index (χ2n) is 13.0. The summed E-state index contributed by atoms with van der Waals surface area (Å²) in [5, 5.41) is 32.3. The first-order chi connectivity index (χ1) is 19.2. The number of rotatable bonds is 8. The SMILES string of the molecule is CC(C)(C)CC(C)(C)c1cc(N=Nc2ccc(-c3ccccc3)cc2[N+](=O)[O-])c(O)c(C(C)(C)c2ccccc2)c1.[Na+].[OH-]. The zero-order chi connectivity index (χ0) is 30.0. The van der Waals surface area contributed by atoms with Crippen LogP contribution in [0.2, 0.25) is 0 Å². The predicted octanol–water partition coefficient (Wildman–Crippen LogP) is 7.25. The predicted molar refractivity (Wildman–Crippen MR) is 168 cm³/mol. The Labute approximate surface area is 276 Å². The molecule has 0 bridgehead atoms. The van der Waals surface area contributed by atoms with Crippen LogP contribution in [0.25, 0.3) is 11.1 Å². The number of azo groups is 1. The molecule has 220 valence electrons. The number of hydrogen-bond donors (Lipinski definition) is 1. The smallest absolute Gasteiger partial charge is 0.870 e. The monoisotopic (exact) mass is 589 g/mol. The molecule has 2 N–H and O–H groups in total. The van der Waals surface area contributed by atoms with Gasteiger partial charge in [0.15, 0.2) is 5.69 Å². The van der Waals surface area contributed by atoms with Crippen LogP contribution in [0, 0.1) is 15.5 Å². The van der Waals surface area contributed by atoms with Gasteiger partial charge in [0.25, 0.3) is 5.69 Å². The molecule has 0 atom stereocenters. The van der Waals surface area contributed by atoms with Crippen molar-refractivity contribution < 1.29 is 45.1 Å². The quantitative estimate of drug-likeness (QED) is 0.101. The molecule has 0 aliphatic rings. The average Bonchev–Trinajstić information content (AvgIpc) is 2.91. The normalized spacial score (nSPS) is 12.0. The standard InChI is InChI=1S/C35H39N3O3.Na.H2O/c1-33(2,3)23-34(4,5)27-21-28(35(6,7)26-16-12-9-13-17-26)32(39)30(22-27)37-36-29-19-18-25(20-31(29)38(40)41)24-14-10-8-11-15-24;;/h8-22,39H,23H2,1-7H3;;1H2/q;+1;/p-1. The van der Waals surface area contributed by atoms with Crippen LogP contribution in [0.1, 0.15) is 71.6 Å². The second-order valence-corrected chi connectivity index (χ2v) is 13.0. The first-order valence-electron chi connectivity index (χ1n) is 13.9. The third-order valence-corrected chi connectivity index (χ3v) is 7.56. The molecule has 0 amide bonds. The molecule has 0 spiro atoms. The summed E-state index contributed by atoms with van der Waals surface area (Å²) in [7, 11) is 0. The Morgan fingerprint density at radius 3 is 1.84 bits per heavy atom. The molecular weight excluding hydrogens is 549 g/mol. The summed E-state index contributed by atoms with van der Waals surface area (Å²) in [6.07, 6.45) is 0.902. The molecule has 0 radical (unpaired) electrons. The number of hydrogen-bond acceptors (Lipinski definition) is 6. The molecular formula is C35H40N3NaO4. The van der Waals surface area contributed by atoms with E-state index in [4.69, 9.17) is 0 Å². The van der Waals surface area contributed by atoms with Crippen molar-refractivity contribution in [2.45, 2.75) is 65.7 Å². The molecule has 0 fully saturated rings. The van der Waals surface area contributed by atoms with E-state index in [9.17, 15) is 15.2 Å². The van der Waals surface area contributed by atoms with Gasteiger partial charge < -0.3 is 10.6 Å². The van der Waals surface area contributed by atoms with E-state index in [0.717, 1.165) is 34.2 Å². The molecule has 0 saturated carbocycles. The summed E-state index contributed by atoms with van der Waals surface area (Å²) >= 11 is 0. The molecule has 43 heavy (non-hydrogen) atoms. The van der Waals surface area contributed by atoms with Gasteiger partial charge in [0.2, 0.25) is 0 Å². The molecule has 7 nitrogen and oxygen atoms in total. The second kappa shape index (κ2) is 14.0. The molecule has 0 saturated heterocycles. The summed E-state index contributed by atoms with van der Waals surface area (Å²) in [6, 6.07) is 28.4. The van der Waals surface area contributed by atoms with Crippen LogP contribution in [0.4, 0.5) is 17.1 Å². The Morgan fingerprint density at radius 2 is 1.28 bits per heavy atom. The number of nitro benzene ring substituents is 1. The molecule has 0 aliphatic carbocycles. The summed E-state index contributed by atoms with van der Waals surface area (Å²) < 4.78 is 0. The number of aromatic hydroxyl groups is 1. The van der Waals surface area contributed by atoms with Crippen LogP contribution in [0.3, 0.4) is 0 Å². The van der Waals surface area contributed by atoms with Crippen LogP contribution >= 0.6 is 0 Å². The van der Waals surface area contributed by atoms with Gasteiger partial charge in [-0.25, -0.2) is 0 Å². The van der Waals surface area contributed by atoms with Crippen molar-refractivity contribution in [1.82, 2.24) is 0 Å². The van der Waals surface area contributed by atoms with E-state index >= 15 is 0 Å². The van der Waals surface area contributed by atoms with E-state index < -0.39 is 10.3 Å². The van der Waals surface area contributed by atoms with Gasteiger partial charge in [-0.2, -0.15) is 0 Å². The fourth-order valence-electron chi connectivity index (χ4n) is 5.67. The van der Waals surface area contributed by atoms with Crippen LogP contribution < -0.4 is 29.6 Å². The Balaban J connectivity index is 0.00000323. The third-order valence-electron chi connectivity index (χ3n) is 7.56. The fourth-order valence-corrected chi connectivity index (χ4v) is 5.67. The Kier molecular flexibility index (Phi) is 11.6. The van der Waals surface area contributed by atoms with E-state index in [0.29, 0.717) is 0 Å². The molecule has 4 aromatic carbocycles. The van der Waals surface area contributed by atoms with Crippen molar-refractivity contribution in [3.05, 3.63) is 118 Å². The Bertz CT molecular complexity index is 1580. The first-order valence-corrected chi connectivity index (χ1v) is 13.9. The number of phenolic OH excluding ortho intramolecular Hbond substituents is 1. The molecule has 4 aromatic rings. The van der Waals surface area contributed by atoms with Gasteiger partial charge in [-0.1, -0.05) is 121 Å². The van der Waals surface area contributed by atoms with Gasteiger partial charge in [-0.3, -0.25) is 10.1 Å². The van der Waals surface area contributed by atoms with Crippen LogP contribution in [-0.4, -0.2) is 15.5 Å². The van der Waals surface area contributed by atoms with Crippen LogP contribution in [0.5, 0.6) is 5.75 Å². The Hall–Kier alpha value is -3.36. The maximum Gasteiger partial charge on any atom is 1.00 e. The van der Waals surface area contributed by atoms with Gasteiger partial charge in [-0.15, -0.1) is 10.2 Å². The minimum Gasteiger partial charge on any atom is -0.870 e. The van der Waals surface area contributed by atoms with Gasteiger partial charge in [0.05, 0.1) is 4.92 Å². The van der Waals surface area contributed by atoms with Crippen molar-refractivity contribution in [2.75, 3.05) is 0 Å². The Morgan fingerprint density at radius 1 is 0.721 bits per heavy atom. The zero-order valence-corrected chi connectivity index (χ0v) is 28.4. The number of benzene rings is 4. The van der Waals surface area contributed by atoms with E-state index in [1.807, 2.05) is 66.7 Å². The maximum absolute atomic E-state index is 12.0. The van der Waals surface area contributed by atoms with Crippen molar-refractivity contribution >= 4 is 17.1 Å². The van der Waals surface area contributed by atoms with Crippen molar-refractivity contribution in [2.24, 2.45) is 15.6 Å². The number of nitrogens with zero attached hydrogens (tertiary/aromatic N) is 3. The molecule has 8 heteroatoms. The summed E-state index contributed by atoms with van der Waals surface area (Å²) in [5.41, 5.74) is 3.95. The summed E-state index contributed by atoms with van der Waals surface area (Å²) in [6.45, 7) is 15.2. The first kappa shape index (κ1) is 35.8. The number of nitro groups is 1. The van der Waals surface area contributed by atoms with Gasteiger partial charge >= 0.3 is 29.6 Å². The maximum atomic E-state index is 12.0.